The van der Waals surface area contributed by atoms with Crippen LogP contribution in [0.25, 0.3) is 11.5 Å². The number of hydrogen-bond acceptors (Lipinski definition) is 6. The van der Waals surface area contributed by atoms with E-state index < -0.39 is 11.6 Å². The molecule has 1 heterocycles. The third kappa shape index (κ3) is 5.87. The molecule has 0 aliphatic carbocycles. The van der Waals surface area contributed by atoms with Crippen molar-refractivity contribution in [2.45, 2.75) is 32.0 Å². The van der Waals surface area contributed by atoms with Crippen molar-refractivity contribution in [1.29, 1.82) is 0 Å². The highest BCUT2D eigenvalue weighted by Crippen LogP contribution is 2.24. The third-order valence-corrected chi connectivity index (χ3v) is 4.33. The van der Waals surface area contributed by atoms with Crippen LogP contribution in [0.15, 0.2) is 59.0 Å². The van der Waals surface area contributed by atoms with Crippen LogP contribution in [0.4, 0.5) is 0 Å². The molecule has 0 spiro atoms. The van der Waals surface area contributed by atoms with Gasteiger partial charge in [-0.05, 0) is 37.6 Å². The van der Waals surface area contributed by atoms with E-state index in [0.29, 0.717) is 23.1 Å². The lowest BCUT2D eigenvalue weighted by atomic mass is 10.1. The summed E-state index contributed by atoms with van der Waals surface area (Å²) in [6.45, 7) is 3.77. The first-order valence-corrected chi connectivity index (χ1v) is 9.51. The smallest absolute Gasteiger partial charge is 0.247 e. The molecule has 0 radical (unpaired) electrons. The lowest BCUT2D eigenvalue weighted by Crippen LogP contribution is -2.50. The molecule has 0 saturated carbocycles. The van der Waals surface area contributed by atoms with Crippen LogP contribution >= 0.6 is 11.6 Å². The molecule has 0 fully saturated rings. The topological polar surface area (TPSA) is 103 Å². The maximum absolute atomic E-state index is 12.4. The summed E-state index contributed by atoms with van der Waals surface area (Å²) in [6, 6.07) is 16.2. The molecular formula is C21H23ClN4O3. The van der Waals surface area contributed by atoms with Gasteiger partial charge in [-0.25, -0.2) is 0 Å². The molecule has 1 atom stereocenters. The fourth-order valence-electron chi connectivity index (χ4n) is 2.50. The predicted octanol–water partition coefficient (Wildman–Crippen LogP) is 3.50. The molecule has 0 saturated heterocycles. The number of nitrogens with one attached hydrogen (secondary N) is 1. The molecule has 3 rings (SSSR count). The molecule has 7 nitrogen and oxygen atoms in total. The number of halogens is 1. The second-order valence-electron chi connectivity index (χ2n) is 7.20. The van der Waals surface area contributed by atoms with Crippen molar-refractivity contribution in [3.63, 3.8) is 0 Å². The van der Waals surface area contributed by atoms with Crippen LogP contribution < -0.4 is 11.1 Å². The van der Waals surface area contributed by atoms with Crippen molar-refractivity contribution in [1.82, 2.24) is 15.5 Å². The Bertz CT molecular complexity index is 954. The largest absolute Gasteiger partial charge is 0.418 e. The summed E-state index contributed by atoms with van der Waals surface area (Å²) in [5.41, 5.74) is 6.54. The van der Waals surface area contributed by atoms with E-state index in [9.17, 15) is 4.79 Å². The Balaban J connectivity index is 1.76. The van der Waals surface area contributed by atoms with Crippen molar-refractivity contribution in [2.24, 2.45) is 5.73 Å². The highest BCUT2D eigenvalue weighted by atomic mass is 35.5. The van der Waals surface area contributed by atoms with E-state index in [4.69, 9.17) is 26.5 Å². The van der Waals surface area contributed by atoms with Crippen LogP contribution in [-0.2, 0) is 16.1 Å². The van der Waals surface area contributed by atoms with Gasteiger partial charge in [-0.2, -0.15) is 0 Å². The van der Waals surface area contributed by atoms with Gasteiger partial charge in [0.15, 0.2) is 0 Å². The molecule has 2 aromatic carbocycles. The Labute approximate surface area is 174 Å². The summed E-state index contributed by atoms with van der Waals surface area (Å²) in [5, 5.41) is 11.5. The zero-order valence-corrected chi connectivity index (χ0v) is 17.0. The minimum atomic E-state index is -1.06. The van der Waals surface area contributed by atoms with E-state index in [1.165, 1.54) is 0 Å². The highest BCUT2D eigenvalue weighted by Gasteiger charge is 2.28. The summed E-state index contributed by atoms with van der Waals surface area (Å²) in [5.74, 6) is 0.177. The molecule has 0 aliphatic rings. The predicted molar refractivity (Wildman–Crippen MR) is 110 cm³/mol. The van der Waals surface area contributed by atoms with Crippen molar-refractivity contribution in [2.75, 3.05) is 6.61 Å². The van der Waals surface area contributed by atoms with E-state index in [2.05, 4.69) is 15.5 Å². The lowest BCUT2D eigenvalue weighted by molar-refractivity contribution is -0.126. The van der Waals surface area contributed by atoms with Gasteiger partial charge < -0.3 is 20.2 Å². The van der Waals surface area contributed by atoms with Gasteiger partial charge in [0.05, 0.1) is 18.8 Å². The van der Waals surface area contributed by atoms with Crippen LogP contribution in [0.2, 0.25) is 5.02 Å². The van der Waals surface area contributed by atoms with Crippen molar-refractivity contribution in [3.05, 3.63) is 71.1 Å². The van der Waals surface area contributed by atoms with Crippen LogP contribution in [0.5, 0.6) is 0 Å². The zero-order valence-electron chi connectivity index (χ0n) is 16.3. The minimum absolute atomic E-state index is 0.147. The maximum Gasteiger partial charge on any atom is 0.247 e. The summed E-state index contributed by atoms with van der Waals surface area (Å²) in [6.07, 6.45) is 0. The normalized spacial score (nSPS) is 12.6. The monoisotopic (exact) mass is 414 g/mol. The van der Waals surface area contributed by atoms with Crippen molar-refractivity contribution < 1.29 is 13.9 Å². The van der Waals surface area contributed by atoms with E-state index in [1.54, 1.807) is 32.0 Å². The molecule has 8 heteroatoms. The van der Waals surface area contributed by atoms with Gasteiger partial charge in [0.25, 0.3) is 0 Å². The number of ether oxygens (including phenoxy) is 1. The molecule has 1 amide bonds. The number of carbonyl (C=O) groups is 1. The summed E-state index contributed by atoms with van der Waals surface area (Å²) >= 11 is 6.03. The van der Waals surface area contributed by atoms with Crippen molar-refractivity contribution in [3.8, 4) is 11.5 Å². The Kier molecular flexibility index (Phi) is 6.64. The fraction of sp³-hybridized carbons (Fsp3) is 0.286. The van der Waals surface area contributed by atoms with Gasteiger partial charge in [-0.1, -0.05) is 48.0 Å². The third-order valence-electron chi connectivity index (χ3n) is 4.10. The van der Waals surface area contributed by atoms with Crippen LogP contribution in [-0.4, -0.2) is 28.3 Å². The first-order chi connectivity index (χ1) is 13.8. The molecule has 0 bridgehead atoms. The van der Waals surface area contributed by atoms with Gasteiger partial charge in [0.2, 0.25) is 17.7 Å². The molecule has 1 aromatic heterocycles. The Morgan fingerprint density at radius 1 is 1.21 bits per heavy atom. The average molecular weight is 415 g/mol. The number of aromatic nitrogens is 2. The highest BCUT2D eigenvalue weighted by molar-refractivity contribution is 6.30. The zero-order chi connectivity index (χ0) is 20.9. The molecule has 0 unspecified atom stereocenters. The van der Waals surface area contributed by atoms with E-state index in [0.717, 1.165) is 5.56 Å². The van der Waals surface area contributed by atoms with Crippen LogP contribution in [0.3, 0.4) is 0 Å². The van der Waals surface area contributed by atoms with E-state index in [1.807, 2.05) is 36.4 Å². The standard InChI is InChI=1S/C21H23ClN4O3/c1-21(2,23)20(27)24-17(13-28-12-14-7-4-3-5-8-14)19-26-25-18(29-19)15-9-6-10-16(22)11-15/h3-11,17H,12-13,23H2,1-2H3,(H,24,27)/t17-/m1/s1. The first kappa shape index (κ1) is 21.0. The lowest BCUT2D eigenvalue weighted by Gasteiger charge is -2.22. The van der Waals surface area contributed by atoms with Gasteiger partial charge in [-0.3, -0.25) is 4.79 Å². The fourth-order valence-corrected chi connectivity index (χ4v) is 2.69. The maximum atomic E-state index is 12.4. The number of nitrogens with zero attached hydrogens (tertiary/aromatic N) is 2. The number of carbonyl (C=O) groups excluding carboxylic acids is 1. The van der Waals surface area contributed by atoms with E-state index >= 15 is 0 Å². The van der Waals surface area contributed by atoms with Gasteiger partial charge >= 0.3 is 0 Å². The second-order valence-corrected chi connectivity index (χ2v) is 7.64. The van der Waals surface area contributed by atoms with Gasteiger partial charge in [0.1, 0.15) is 6.04 Å². The quantitative estimate of drug-likeness (QED) is 0.584. The average Bonchev–Trinajstić information content (AvgIpc) is 3.17. The SMILES string of the molecule is CC(C)(N)C(=O)N[C@H](COCc1ccccc1)c1nnc(-c2cccc(Cl)c2)o1. The Morgan fingerprint density at radius 2 is 1.97 bits per heavy atom. The van der Waals surface area contributed by atoms with Gasteiger partial charge in [0, 0.05) is 10.6 Å². The number of hydrogen-bond donors (Lipinski definition) is 2. The Hall–Kier alpha value is -2.74. The molecular weight excluding hydrogens is 392 g/mol. The number of rotatable bonds is 8. The number of nitrogens with two attached hydrogens (primary N) is 1. The van der Waals surface area contributed by atoms with Crippen LogP contribution in [0.1, 0.15) is 31.3 Å². The first-order valence-electron chi connectivity index (χ1n) is 9.14. The summed E-state index contributed by atoms with van der Waals surface area (Å²) < 4.78 is 11.6. The minimum Gasteiger partial charge on any atom is -0.418 e. The number of amides is 1. The molecule has 29 heavy (non-hydrogen) atoms. The van der Waals surface area contributed by atoms with Crippen LogP contribution in [0, 0.1) is 0 Å². The molecule has 3 aromatic rings. The molecule has 3 N–H and O–H groups in total. The second kappa shape index (κ2) is 9.17. The van der Waals surface area contributed by atoms with Crippen molar-refractivity contribution >= 4 is 17.5 Å². The summed E-state index contributed by atoms with van der Waals surface area (Å²) in [7, 11) is 0. The molecule has 152 valence electrons. The molecule has 0 aliphatic heterocycles. The summed E-state index contributed by atoms with van der Waals surface area (Å²) in [4.78, 5) is 12.4. The Morgan fingerprint density at radius 3 is 2.66 bits per heavy atom. The van der Waals surface area contributed by atoms with E-state index in [-0.39, 0.29) is 18.4 Å². The number of benzene rings is 2. The van der Waals surface area contributed by atoms with Gasteiger partial charge in [-0.15, -0.1) is 10.2 Å².